The molecule has 1 aliphatic heterocycles. The van der Waals surface area contributed by atoms with Crippen molar-refractivity contribution in [3.8, 4) is 0 Å². The third-order valence-electron chi connectivity index (χ3n) is 3.55. The van der Waals surface area contributed by atoms with Crippen molar-refractivity contribution >= 4 is 17.5 Å². The molecular formula is C14H19ClN2O. The van der Waals surface area contributed by atoms with Gasteiger partial charge in [0.15, 0.2) is 0 Å². The summed E-state index contributed by atoms with van der Waals surface area (Å²) < 4.78 is 0. The van der Waals surface area contributed by atoms with E-state index in [2.05, 4.69) is 5.32 Å². The summed E-state index contributed by atoms with van der Waals surface area (Å²) in [5.41, 5.74) is 1.69. The fraction of sp³-hybridized carbons (Fsp3) is 0.500. The molecule has 0 unspecified atom stereocenters. The van der Waals surface area contributed by atoms with E-state index in [-0.39, 0.29) is 5.91 Å². The van der Waals surface area contributed by atoms with E-state index in [1.807, 2.05) is 37.1 Å². The zero-order valence-corrected chi connectivity index (χ0v) is 11.6. The second-order valence-corrected chi connectivity index (χ2v) is 5.25. The van der Waals surface area contributed by atoms with Crippen molar-refractivity contribution < 1.29 is 4.79 Å². The van der Waals surface area contributed by atoms with Crippen LogP contribution in [0, 0.1) is 6.92 Å². The zero-order chi connectivity index (χ0) is 13.1. The van der Waals surface area contributed by atoms with E-state index in [9.17, 15) is 4.79 Å². The number of likely N-dealkylation sites (tertiary alicyclic amines) is 1. The maximum Gasteiger partial charge on any atom is 0.255 e. The molecule has 1 aromatic rings. The molecule has 0 spiro atoms. The van der Waals surface area contributed by atoms with Gasteiger partial charge in [-0.25, -0.2) is 0 Å². The van der Waals surface area contributed by atoms with Gasteiger partial charge in [-0.05, 0) is 44.5 Å². The van der Waals surface area contributed by atoms with Crippen LogP contribution in [0.3, 0.4) is 0 Å². The number of aryl methyl sites for hydroxylation is 1. The Bertz CT molecular complexity index is 439. The van der Waals surface area contributed by atoms with Crippen LogP contribution in [-0.4, -0.2) is 37.0 Å². The van der Waals surface area contributed by atoms with E-state index in [4.69, 9.17) is 11.6 Å². The topological polar surface area (TPSA) is 32.3 Å². The number of nitrogens with one attached hydrogen (secondary N) is 1. The van der Waals surface area contributed by atoms with E-state index in [1.165, 1.54) is 0 Å². The molecule has 0 radical (unpaired) electrons. The van der Waals surface area contributed by atoms with Gasteiger partial charge in [-0.2, -0.15) is 0 Å². The first kappa shape index (κ1) is 13.4. The lowest BCUT2D eigenvalue weighted by molar-refractivity contribution is 0.0707. The second-order valence-electron chi connectivity index (χ2n) is 4.84. The van der Waals surface area contributed by atoms with Gasteiger partial charge in [0.25, 0.3) is 5.91 Å². The van der Waals surface area contributed by atoms with Gasteiger partial charge in [-0.15, -0.1) is 0 Å². The van der Waals surface area contributed by atoms with Gasteiger partial charge in [0, 0.05) is 19.1 Å². The first-order chi connectivity index (χ1) is 8.61. The molecule has 1 aromatic carbocycles. The molecule has 1 aliphatic rings. The first-order valence-corrected chi connectivity index (χ1v) is 6.72. The average molecular weight is 267 g/mol. The molecule has 1 fully saturated rings. The van der Waals surface area contributed by atoms with Gasteiger partial charge in [0.05, 0.1) is 10.6 Å². The summed E-state index contributed by atoms with van der Waals surface area (Å²) in [7, 11) is 1.97. The van der Waals surface area contributed by atoms with Crippen LogP contribution < -0.4 is 5.32 Å². The van der Waals surface area contributed by atoms with Crippen LogP contribution in [0.2, 0.25) is 5.02 Å². The highest BCUT2D eigenvalue weighted by Gasteiger charge is 2.23. The van der Waals surface area contributed by atoms with E-state index in [1.54, 1.807) is 0 Å². The van der Waals surface area contributed by atoms with Crippen molar-refractivity contribution in [1.29, 1.82) is 0 Å². The molecule has 1 saturated heterocycles. The smallest absolute Gasteiger partial charge is 0.255 e. The summed E-state index contributed by atoms with van der Waals surface area (Å²) in [4.78, 5) is 14.2. The van der Waals surface area contributed by atoms with Crippen molar-refractivity contribution in [2.75, 3.05) is 20.1 Å². The fourth-order valence-electron chi connectivity index (χ4n) is 2.34. The summed E-state index contributed by atoms with van der Waals surface area (Å²) in [6.07, 6.45) is 2.01. The van der Waals surface area contributed by atoms with Gasteiger partial charge in [0.2, 0.25) is 0 Å². The standard InChI is InChI=1S/C14H19ClN2O/c1-10-3-4-12(13(15)9-10)14(18)17-7-5-11(16-2)6-8-17/h3-4,9,11,16H,5-8H2,1-2H3. The number of benzene rings is 1. The Hall–Kier alpha value is -1.06. The van der Waals surface area contributed by atoms with Crippen LogP contribution in [0.15, 0.2) is 18.2 Å². The molecule has 4 heteroatoms. The monoisotopic (exact) mass is 266 g/mol. The Morgan fingerprint density at radius 3 is 2.61 bits per heavy atom. The summed E-state index contributed by atoms with van der Waals surface area (Å²) in [5, 5.41) is 3.81. The number of hydrogen-bond acceptors (Lipinski definition) is 2. The number of amides is 1. The van der Waals surface area contributed by atoms with E-state index in [0.29, 0.717) is 16.6 Å². The van der Waals surface area contributed by atoms with Crippen molar-refractivity contribution in [1.82, 2.24) is 10.2 Å². The normalized spacial score (nSPS) is 16.9. The minimum absolute atomic E-state index is 0.0505. The molecule has 1 heterocycles. The lowest BCUT2D eigenvalue weighted by Gasteiger charge is -2.32. The highest BCUT2D eigenvalue weighted by Crippen LogP contribution is 2.21. The van der Waals surface area contributed by atoms with Crippen LogP contribution in [0.5, 0.6) is 0 Å². The lowest BCUT2D eigenvalue weighted by atomic mass is 10.0. The number of piperidine rings is 1. The molecule has 3 nitrogen and oxygen atoms in total. The molecule has 1 N–H and O–H groups in total. The third-order valence-corrected chi connectivity index (χ3v) is 3.86. The number of halogens is 1. The first-order valence-electron chi connectivity index (χ1n) is 6.34. The third kappa shape index (κ3) is 2.85. The lowest BCUT2D eigenvalue weighted by Crippen LogP contribution is -2.44. The van der Waals surface area contributed by atoms with Crippen LogP contribution in [0.1, 0.15) is 28.8 Å². The number of rotatable bonds is 2. The Kier molecular flexibility index (Phi) is 4.25. The maximum absolute atomic E-state index is 12.3. The average Bonchev–Trinajstić information content (AvgIpc) is 2.38. The second kappa shape index (κ2) is 5.72. The van der Waals surface area contributed by atoms with Crippen molar-refractivity contribution in [3.63, 3.8) is 0 Å². The minimum Gasteiger partial charge on any atom is -0.338 e. The number of hydrogen-bond donors (Lipinski definition) is 1. The molecule has 0 saturated carbocycles. The Morgan fingerprint density at radius 2 is 2.06 bits per heavy atom. The summed E-state index contributed by atoms with van der Waals surface area (Å²) >= 11 is 6.14. The van der Waals surface area contributed by atoms with Crippen molar-refractivity contribution in [2.45, 2.75) is 25.8 Å². The molecule has 0 bridgehead atoms. The predicted octanol–water partition coefficient (Wildman–Crippen LogP) is 2.47. The molecule has 18 heavy (non-hydrogen) atoms. The molecule has 0 atom stereocenters. The van der Waals surface area contributed by atoms with Crippen molar-refractivity contribution in [3.05, 3.63) is 34.3 Å². The molecule has 0 aromatic heterocycles. The van der Waals surface area contributed by atoms with Crippen LogP contribution in [0.4, 0.5) is 0 Å². The van der Waals surface area contributed by atoms with Gasteiger partial charge >= 0.3 is 0 Å². The van der Waals surface area contributed by atoms with E-state index in [0.717, 1.165) is 31.5 Å². The highest BCUT2D eigenvalue weighted by molar-refractivity contribution is 6.33. The minimum atomic E-state index is 0.0505. The summed E-state index contributed by atoms with van der Waals surface area (Å²) in [6, 6.07) is 6.13. The Balaban J connectivity index is 2.08. The number of nitrogens with zero attached hydrogens (tertiary/aromatic N) is 1. The van der Waals surface area contributed by atoms with Gasteiger partial charge < -0.3 is 10.2 Å². The molecular weight excluding hydrogens is 248 g/mol. The Morgan fingerprint density at radius 1 is 1.39 bits per heavy atom. The summed E-state index contributed by atoms with van der Waals surface area (Å²) in [5.74, 6) is 0.0505. The van der Waals surface area contributed by atoms with Gasteiger partial charge in [0.1, 0.15) is 0 Å². The van der Waals surface area contributed by atoms with Crippen LogP contribution in [-0.2, 0) is 0 Å². The number of carbonyl (C=O) groups excluding carboxylic acids is 1. The van der Waals surface area contributed by atoms with E-state index >= 15 is 0 Å². The molecule has 2 rings (SSSR count). The maximum atomic E-state index is 12.3. The van der Waals surface area contributed by atoms with Gasteiger partial charge in [-0.3, -0.25) is 4.79 Å². The van der Waals surface area contributed by atoms with Gasteiger partial charge in [-0.1, -0.05) is 17.7 Å². The quantitative estimate of drug-likeness (QED) is 0.892. The van der Waals surface area contributed by atoms with Crippen LogP contribution in [0.25, 0.3) is 0 Å². The largest absolute Gasteiger partial charge is 0.338 e. The number of carbonyl (C=O) groups is 1. The highest BCUT2D eigenvalue weighted by atomic mass is 35.5. The zero-order valence-electron chi connectivity index (χ0n) is 10.9. The molecule has 0 aliphatic carbocycles. The van der Waals surface area contributed by atoms with Crippen LogP contribution >= 0.6 is 11.6 Å². The Labute approximate surface area is 113 Å². The predicted molar refractivity (Wildman–Crippen MR) is 74.2 cm³/mol. The summed E-state index contributed by atoms with van der Waals surface area (Å²) in [6.45, 7) is 3.57. The van der Waals surface area contributed by atoms with E-state index < -0.39 is 0 Å². The molecule has 1 amide bonds. The fourth-order valence-corrected chi connectivity index (χ4v) is 2.65. The SMILES string of the molecule is CNC1CCN(C(=O)c2ccc(C)cc2Cl)CC1. The van der Waals surface area contributed by atoms with Crippen molar-refractivity contribution in [2.24, 2.45) is 0 Å². The molecule has 98 valence electrons.